The number of fused-ring (bicyclic) bond motifs is 1. The van der Waals surface area contributed by atoms with Gasteiger partial charge < -0.3 is 20.1 Å². The zero-order valence-corrected chi connectivity index (χ0v) is 14.7. The zero-order valence-electron chi connectivity index (χ0n) is 13.9. The minimum atomic E-state index is 0. The van der Waals surface area contributed by atoms with Crippen molar-refractivity contribution in [2.75, 3.05) is 33.0 Å². The van der Waals surface area contributed by atoms with Crippen molar-refractivity contribution in [2.45, 2.75) is 57.0 Å². The average Bonchev–Trinajstić information content (AvgIpc) is 3.19. The molecule has 2 saturated heterocycles. The molecule has 4 unspecified atom stereocenters. The van der Waals surface area contributed by atoms with Gasteiger partial charge in [-0.05, 0) is 38.0 Å². The van der Waals surface area contributed by atoms with Gasteiger partial charge in [-0.15, -0.1) is 12.4 Å². The lowest BCUT2D eigenvalue weighted by Gasteiger charge is -2.24. The van der Waals surface area contributed by atoms with Crippen LogP contribution in [0, 0.1) is 11.8 Å². The van der Waals surface area contributed by atoms with Gasteiger partial charge >= 0.3 is 0 Å². The number of amides is 1. The summed E-state index contributed by atoms with van der Waals surface area (Å²) in [5, 5.41) is 6.58. The van der Waals surface area contributed by atoms with Gasteiger partial charge in [-0.1, -0.05) is 12.8 Å². The second kappa shape index (κ2) is 9.82. The third-order valence-corrected chi connectivity index (χ3v) is 5.32. The highest BCUT2D eigenvalue weighted by molar-refractivity contribution is 5.85. The van der Waals surface area contributed by atoms with Gasteiger partial charge in [0.1, 0.15) is 0 Å². The van der Waals surface area contributed by atoms with E-state index in [1.807, 2.05) is 0 Å². The summed E-state index contributed by atoms with van der Waals surface area (Å²) >= 11 is 0. The first-order valence-corrected chi connectivity index (χ1v) is 9.02. The van der Waals surface area contributed by atoms with Crippen LogP contribution in [-0.4, -0.2) is 51.0 Å². The van der Waals surface area contributed by atoms with Crippen LogP contribution in [0.25, 0.3) is 0 Å². The monoisotopic (exact) mass is 346 g/mol. The van der Waals surface area contributed by atoms with Crippen molar-refractivity contribution in [3.63, 3.8) is 0 Å². The van der Waals surface area contributed by atoms with Crippen molar-refractivity contribution in [1.29, 1.82) is 0 Å². The number of halogens is 1. The molecule has 2 N–H and O–H groups in total. The molecule has 23 heavy (non-hydrogen) atoms. The molecule has 3 fully saturated rings. The van der Waals surface area contributed by atoms with Gasteiger partial charge in [-0.2, -0.15) is 0 Å². The topological polar surface area (TPSA) is 59.6 Å². The Labute approximate surface area is 145 Å². The van der Waals surface area contributed by atoms with E-state index in [2.05, 4.69) is 10.6 Å². The fraction of sp³-hybridized carbons (Fsp3) is 0.941. The molecule has 0 aromatic heterocycles. The number of carbonyl (C=O) groups excluding carboxylic acids is 1. The molecule has 0 aromatic carbocycles. The molecule has 2 aliphatic heterocycles. The molecule has 0 spiro atoms. The Kier molecular flexibility index (Phi) is 8.10. The second-order valence-electron chi connectivity index (χ2n) is 7.06. The van der Waals surface area contributed by atoms with E-state index in [9.17, 15) is 4.79 Å². The maximum atomic E-state index is 12.2. The first kappa shape index (κ1) is 19.0. The summed E-state index contributed by atoms with van der Waals surface area (Å²) in [5.74, 6) is 1.47. The van der Waals surface area contributed by atoms with E-state index in [-0.39, 0.29) is 24.4 Å². The molecular weight excluding hydrogens is 316 g/mol. The van der Waals surface area contributed by atoms with Crippen molar-refractivity contribution in [2.24, 2.45) is 11.8 Å². The van der Waals surface area contributed by atoms with Gasteiger partial charge in [-0.3, -0.25) is 4.79 Å². The average molecular weight is 347 g/mol. The minimum Gasteiger partial charge on any atom is -0.381 e. The third kappa shape index (κ3) is 5.59. The van der Waals surface area contributed by atoms with E-state index < -0.39 is 0 Å². The van der Waals surface area contributed by atoms with Gasteiger partial charge in [0, 0.05) is 31.7 Å². The number of rotatable bonds is 7. The molecule has 2 heterocycles. The SMILES string of the molecule is Cl.O=C(NCCCOCC1CCOC1)C1CC2CCCCC2N1. The van der Waals surface area contributed by atoms with Crippen LogP contribution in [0.5, 0.6) is 0 Å². The maximum absolute atomic E-state index is 12.2. The van der Waals surface area contributed by atoms with E-state index in [4.69, 9.17) is 9.47 Å². The number of carbonyl (C=O) groups is 1. The number of hydrogen-bond donors (Lipinski definition) is 2. The molecular formula is C17H31ClN2O3. The van der Waals surface area contributed by atoms with Gasteiger partial charge in [0.05, 0.1) is 19.3 Å². The molecule has 6 heteroatoms. The summed E-state index contributed by atoms with van der Waals surface area (Å²) in [6, 6.07) is 0.617. The van der Waals surface area contributed by atoms with Crippen LogP contribution in [-0.2, 0) is 14.3 Å². The fourth-order valence-electron chi connectivity index (χ4n) is 3.99. The largest absolute Gasteiger partial charge is 0.381 e. The summed E-state index contributed by atoms with van der Waals surface area (Å²) in [5.41, 5.74) is 0. The van der Waals surface area contributed by atoms with Crippen molar-refractivity contribution in [3.05, 3.63) is 0 Å². The van der Waals surface area contributed by atoms with Crippen molar-refractivity contribution >= 4 is 18.3 Å². The lowest BCUT2D eigenvalue weighted by molar-refractivity contribution is -0.122. The van der Waals surface area contributed by atoms with Crippen LogP contribution in [0.3, 0.4) is 0 Å². The lowest BCUT2D eigenvalue weighted by atomic mass is 9.85. The lowest BCUT2D eigenvalue weighted by Crippen LogP contribution is -2.43. The highest BCUT2D eigenvalue weighted by Crippen LogP contribution is 2.33. The smallest absolute Gasteiger partial charge is 0.237 e. The molecule has 134 valence electrons. The molecule has 3 aliphatic rings. The Bertz CT molecular complexity index is 350. The Morgan fingerprint density at radius 1 is 1.26 bits per heavy atom. The zero-order chi connectivity index (χ0) is 15.2. The van der Waals surface area contributed by atoms with Crippen LogP contribution in [0.1, 0.15) is 44.9 Å². The van der Waals surface area contributed by atoms with E-state index in [1.54, 1.807) is 0 Å². The fourth-order valence-corrected chi connectivity index (χ4v) is 3.99. The van der Waals surface area contributed by atoms with Crippen LogP contribution >= 0.6 is 12.4 Å². The molecule has 1 amide bonds. The number of hydrogen-bond acceptors (Lipinski definition) is 4. The summed E-state index contributed by atoms with van der Waals surface area (Å²) < 4.78 is 11.0. The Morgan fingerprint density at radius 3 is 2.91 bits per heavy atom. The molecule has 3 rings (SSSR count). The van der Waals surface area contributed by atoms with Gasteiger partial charge in [0.15, 0.2) is 0 Å². The predicted octanol–water partition coefficient (Wildman–Crippen LogP) is 1.89. The molecule has 1 saturated carbocycles. The van der Waals surface area contributed by atoms with E-state index >= 15 is 0 Å². The molecule has 4 atom stereocenters. The quantitative estimate of drug-likeness (QED) is 0.691. The first-order chi connectivity index (χ1) is 10.8. The molecule has 5 nitrogen and oxygen atoms in total. The summed E-state index contributed by atoms with van der Waals surface area (Å²) in [4.78, 5) is 12.2. The summed E-state index contributed by atoms with van der Waals surface area (Å²) in [6.07, 6.45) is 8.21. The van der Waals surface area contributed by atoms with Gasteiger partial charge in [0.2, 0.25) is 5.91 Å². The minimum absolute atomic E-state index is 0. The van der Waals surface area contributed by atoms with Gasteiger partial charge in [0.25, 0.3) is 0 Å². The highest BCUT2D eigenvalue weighted by atomic mass is 35.5. The molecule has 1 aliphatic carbocycles. The van der Waals surface area contributed by atoms with Crippen LogP contribution in [0.15, 0.2) is 0 Å². The number of ether oxygens (including phenoxy) is 2. The predicted molar refractivity (Wildman–Crippen MR) is 91.9 cm³/mol. The third-order valence-electron chi connectivity index (χ3n) is 5.32. The normalized spacial score (nSPS) is 33.0. The first-order valence-electron chi connectivity index (χ1n) is 9.02. The Morgan fingerprint density at radius 2 is 2.13 bits per heavy atom. The Balaban J connectivity index is 0.00000192. The van der Waals surface area contributed by atoms with Crippen molar-refractivity contribution < 1.29 is 14.3 Å². The van der Waals surface area contributed by atoms with Crippen LogP contribution < -0.4 is 10.6 Å². The summed E-state index contributed by atoms with van der Waals surface area (Å²) in [7, 11) is 0. The highest BCUT2D eigenvalue weighted by Gasteiger charge is 2.37. The second-order valence-corrected chi connectivity index (χ2v) is 7.06. The molecule has 0 aromatic rings. The van der Waals surface area contributed by atoms with E-state index in [1.165, 1.54) is 25.7 Å². The van der Waals surface area contributed by atoms with Crippen molar-refractivity contribution in [3.8, 4) is 0 Å². The number of nitrogens with one attached hydrogen (secondary N) is 2. The maximum Gasteiger partial charge on any atom is 0.237 e. The molecule has 0 bridgehead atoms. The van der Waals surface area contributed by atoms with E-state index in [0.717, 1.165) is 51.6 Å². The van der Waals surface area contributed by atoms with Crippen molar-refractivity contribution in [1.82, 2.24) is 10.6 Å². The van der Waals surface area contributed by atoms with Crippen LogP contribution in [0.4, 0.5) is 0 Å². The Hall–Kier alpha value is -0.360. The molecule has 0 radical (unpaired) electrons. The standard InChI is InChI=1S/C17H30N2O3.ClH/c20-17(16-10-14-4-1-2-5-15(14)19-16)18-7-3-8-21-11-13-6-9-22-12-13;/h13-16,19H,1-12H2,(H,18,20);1H. The summed E-state index contributed by atoms with van der Waals surface area (Å²) in [6.45, 7) is 3.95. The van der Waals surface area contributed by atoms with Gasteiger partial charge in [-0.25, -0.2) is 0 Å². The van der Waals surface area contributed by atoms with E-state index in [0.29, 0.717) is 18.5 Å². The van der Waals surface area contributed by atoms with Crippen LogP contribution in [0.2, 0.25) is 0 Å².